The molecule has 1 fully saturated rings. The molecule has 2 amide bonds. The number of aryl methyl sites for hydroxylation is 1. The molecule has 0 radical (unpaired) electrons. The van der Waals surface area contributed by atoms with Crippen LogP contribution in [0.15, 0.2) is 47.3 Å². The second-order valence-electron chi connectivity index (χ2n) is 6.28. The molecule has 1 aliphatic rings. The number of amides is 2. The van der Waals surface area contributed by atoms with Crippen LogP contribution in [-0.4, -0.2) is 34.8 Å². The Morgan fingerprint density at radius 1 is 1.08 bits per heavy atom. The highest BCUT2D eigenvalue weighted by atomic mass is 16.2. The van der Waals surface area contributed by atoms with Crippen LogP contribution in [0.4, 0.5) is 5.69 Å². The summed E-state index contributed by atoms with van der Waals surface area (Å²) < 4.78 is 0. The van der Waals surface area contributed by atoms with Gasteiger partial charge in [-0.15, -0.1) is 0 Å². The molecule has 0 spiro atoms. The number of anilines is 1. The third kappa shape index (κ3) is 3.96. The highest BCUT2D eigenvalue weighted by Gasteiger charge is 2.28. The van der Waals surface area contributed by atoms with Gasteiger partial charge in [0, 0.05) is 36.5 Å². The first-order valence-electron chi connectivity index (χ1n) is 8.39. The van der Waals surface area contributed by atoms with Crippen LogP contribution in [0, 0.1) is 12.8 Å². The van der Waals surface area contributed by atoms with Gasteiger partial charge in [0.15, 0.2) is 0 Å². The molecule has 1 aliphatic heterocycles. The van der Waals surface area contributed by atoms with E-state index in [0.29, 0.717) is 37.2 Å². The zero-order chi connectivity index (χ0) is 17.8. The summed E-state index contributed by atoms with van der Waals surface area (Å²) in [6.45, 7) is 2.78. The Bertz CT molecular complexity index is 821. The standard InChI is InChI=1S/C19H21N3O3/c1-13-16(7-8-17(23)20-13)19(25)22-11-9-14(10-12-22)18(24)21-15-5-3-2-4-6-15/h2-8,14H,9-12H2,1H3,(H,20,23)(H,21,24). The number of nitrogens with zero attached hydrogens (tertiary/aromatic N) is 1. The molecule has 0 saturated carbocycles. The second kappa shape index (κ2) is 7.34. The third-order valence-electron chi connectivity index (χ3n) is 4.54. The number of hydrogen-bond donors (Lipinski definition) is 2. The molecule has 3 rings (SSSR count). The van der Waals surface area contributed by atoms with Crippen molar-refractivity contribution in [2.24, 2.45) is 5.92 Å². The lowest BCUT2D eigenvalue weighted by molar-refractivity contribution is -0.121. The summed E-state index contributed by atoms with van der Waals surface area (Å²) in [6, 6.07) is 12.3. The van der Waals surface area contributed by atoms with Gasteiger partial charge in [0.05, 0.1) is 5.56 Å². The lowest BCUT2D eigenvalue weighted by Crippen LogP contribution is -2.41. The number of aromatic amines is 1. The number of piperidine rings is 1. The minimum Gasteiger partial charge on any atom is -0.339 e. The van der Waals surface area contributed by atoms with Gasteiger partial charge >= 0.3 is 0 Å². The van der Waals surface area contributed by atoms with E-state index < -0.39 is 0 Å². The lowest BCUT2D eigenvalue weighted by atomic mass is 9.95. The van der Waals surface area contributed by atoms with E-state index in [2.05, 4.69) is 10.3 Å². The zero-order valence-electron chi connectivity index (χ0n) is 14.1. The largest absolute Gasteiger partial charge is 0.339 e. The van der Waals surface area contributed by atoms with Crippen molar-refractivity contribution in [3.05, 3.63) is 64.1 Å². The van der Waals surface area contributed by atoms with Crippen molar-refractivity contribution in [3.63, 3.8) is 0 Å². The number of para-hydroxylation sites is 1. The fraction of sp³-hybridized carbons (Fsp3) is 0.316. The number of rotatable bonds is 3. The molecular weight excluding hydrogens is 318 g/mol. The average Bonchev–Trinajstić information content (AvgIpc) is 2.62. The lowest BCUT2D eigenvalue weighted by Gasteiger charge is -2.31. The SMILES string of the molecule is Cc1[nH]c(=O)ccc1C(=O)N1CCC(C(=O)Nc2ccccc2)CC1. The molecule has 130 valence electrons. The van der Waals surface area contributed by atoms with E-state index in [0.717, 1.165) is 5.69 Å². The first-order chi connectivity index (χ1) is 12.0. The maximum absolute atomic E-state index is 12.6. The molecule has 0 atom stereocenters. The fourth-order valence-corrected chi connectivity index (χ4v) is 3.09. The van der Waals surface area contributed by atoms with E-state index in [4.69, 9.17) is 0 Å². The Labute approximate surface area is 145 Å². The Morgan fingerprint density at radius 2 is 1.76 bits per heavy atom. The molecule has 25 heavy (non-hydrogen) atoms. The molecule has 1 aromatic carbocycles. The summed E-state index contributed by atoms with van der Waals surface area (Å²) in [5.41, 5.74) is 1.65. The van der Waals surface area contributed by atoms with Gasteiger partial charge in [-0.2, -0.15) is 0 Å². The van der Waals surface area contributed by atoms with Gasteiger partial charge in [0.2, 0.25) is 11.5 Å². The van der Waals surface area contributed by atoms with Gasteiger partial charge in [-0.05, 0) is 38.0 Å². The fourth-order valence-electron chi connectivity index (χ4n) is 3.09. The van der Waals surface area contributed by atoms with Gasteiger partial charge in [-0.1, -0.05) is 18.2 Å². The second-order valence-corrected chi connectivity index (χ2v) is 6.28. The van der Waals surface area contributed by atoms with E-state index in [1.165, 1.54) is 6.07 Å². The smallest absolute Gasteiger partial charge is 0.255 e. The monoisotopic (exact) mass is 339 g/mol. The molecule has 0 aliphatic carbocycles. The molecule has 1 saturated heterocycles. The summed E-state index contributed by atoms with van der Waals surface area (Å²) in [5, 5.41) is 2.92. The number of carbonyl (C=O) groups excluding carboxylic acids is 2. The number of likely N-dealkylation sites (tertiary alicyclic amines) is 1. The molecule has 6 nitrogen and oxygen atoms in total. The third-order valence-corrected chi connectivity index (χ3v) is 4.54. The van der Waals surface area contributed by atoms with Gasteiger partial charge in [0.25, 0.3) is 5.91 Å². The number of pyridine rings is 1. The van der Waals surface area contributed by atoms with Crippen molar-refractivity contribution >= 4 is 17.5 Å². The number of hydrogen-bond acceptors (Lipinski definition) is 3. The number of carbonyl (C=O) groups is 2. The molecule has 0 unspecified atom stereocenters. The number of aromatic nitrogens is 1. The summed E-state index contributed by atoms with van der Waals surface area (Å²) in [4.78, 5) is 40.6. The Hall–Kier alpha value is -2.89. The molecule has 6 heteroatoms. The summed E-state index contributed by atoms with van der Waals surface area (Å²) in [5.74, 6) is -0.199. The molecule has 2 N–H and O–H groups in total. The van der Waals surface area contributed by atoms with Crippen LogP contribution < -0.4 is 10.9 Å². The van der Waals surface area contributed by atoms with E-state index >= 15 is 0 Å². The van der Waals surface area contributed by atoms with Crippen molar-refractivity contribution in [2.45, 2.75) is 19.8 Å². The van der Waals surface area contributed by atoms with E-state index in [1.54, 1.807) is 17.9 Å². The zero-order valence-corrected chi connectivity index (χ0v) is 14.1. The molecule has 0 bridgehead atoms. The maximum Gasteiger partial charge on any atom is 0.255 e. The summed E-state index contributed by atoms with van der Waals surface area (Å²) in [6.07, 6.45) is 1.26. The van der Waals surface area contributed by atoms with Crippen LogP contribution in [-0.2, 0) is 4.79 Å². The first kappa shape index (κ1) is 17.0. The maximum atomic E-state index is 12.6. The van der Waals surface area contributed by atoms with Crippen LogP contribution in [0.2, 0.25) is 0 Å². The number of benzene rings is 1. The van der Waals surface area contributed by atoms with Crippen LogP contribution in [0.5, 0.6) is 0 Å². The highest BCUT2D eigenvalue weighted by Crippen LogP contribution is 2.21. The normalized spacial score (nSPS) is 15.0. The van der Waals surface area contributed by atoms with Crippen molar-refractivity contribution in [1.82, 2.24) is 9.88 Å². The van der Waals surface area contributed by atoms with Gasteiger partial charge < -0.3 is 15.2 Å². The van der Waals surface area contributed by atoms with Crippen LogP contribution in [0.1, 0.15) is 28.9 Å². The topological polar surface area (TPSA) is 82.3 Å². The van der Waals surface area contributed by atoms with Crippen molar-refractivity contribution in [2.75, 3.05) is 18.4 Å². The van der Waals surface area contributed by atoms with Gasteiger partial charge in [0.1, 0.15) is 0 Å². The van der Waals surface area contributed by atoms with Gasteiger partial charge in [-0.25, -0.2) is 0 Å². The Balaban J connectivity index is 1.59. The predicted molar refractivity (Wildman–Crippen MR) is 95.5 cm³/mol. The highest BCUT2D eigenvalue weighted by molar-refractivity contribution is 5.96. The van der Waals surface area contributed by atoms with E-state index in [9.17, 15) is 14.4 Å². The van der Waals surface area contributed by atoms with Crippen LogP contribution >= 0.6 is 0 Å². The van der Waals surface area contributed by atoms with Crippen molar-refractivity contribution in [1.29, 1.82) is 0 Å². The molecule has 1 aromatic heterocycles. The summed E-state index contributed by atoms with van der Waals surface area (Å²) >= 11 is 0. The average molecular weight is 339 g/mol. The van der Waals surface area contributed by atoms with Crippen molar-refractivity contribution in [3.8, 4) is 0 Å². The number of H-pyrrole nitrogens is 1. The minimum absolute atomic E-state index is 0.00137. The van der Waals surface area contributed by atoms with Crippen LogP contribution in [0.3, 0.4) is 0 Å². The quantitative estimate of drug-likeness (QED) is 0.899. The predicted octanol–water partition coefficient (Wildman–Crippen LogP) is 2.17. The first-order valence-corrected chi connectivity index (χ1v) is 8.39. The Morgan fingerprint density at radius 3 is 2.40 bits per heavy atom. The van der Waals surface area contributed by atoms with Gasteiger partial charge in [-0.3, -0.25) is 14.4 Å². The van der Waals surface area contributed by atoms with E-state index in [1.807, 2.05) is 30.3 Å². The minimum atomic E-state index is -0.217. The Kier molecular flexibility index (Phi) is 4.97. The van der Waals surface area contributed by atoms with E-state index in [-0.39, 0.29) is 23.3 Å². The molecule has 2 aromatic rings. The number of nitrogens with one attached hydrogen (secondary N) is 2. The molecular formula is C19H21N3O3. The van der Waals surface area contributed by atoms with Crippen LogP contribution in [0.25, 0.3) is 0 Å². The summed E-state index contributed by atoms with van der Waals surface area (Å²) in [7, 11) is 0. The molecule has 2 heterocycles. The van der Waals surface area contributed by atoms with Crippen molar-refractivity contribution < 1.29 is 9.59 Å².